The molecule has 0 aliphatic carbocycles. The van der Waals surface area contributed by atoms with Crippen LogP contribution in [0.1, 0.15) is 194 Å². The number of rotatable bonds is 42. The molecule has 0 fully saturated rings. The molecule has 0 aromatic carbocycles. The minimum Gasteiger partial charge on any atom is -0.481 e. The molecule has 23 N–H and O–H groups in total. The van der Waals surface area contributed by atoms with Gasteiger partial charge in [0, 0.05) is 12.8 Å². The molecule has 0 bridgehead atoms. The van der Waals surface area contributed by atoms with Crippen molar-refractivity contribution in [3.63, 3.8) is 0 Å². The minimum atomic E-state index is -0.954. The maximum Gasteiger partial charge on any atom is 0.303 e. The van der Waals surface area contributed by atoms with Crippen LogP contribution in [0.25, 0.3) is 0 Å². The largest absolute Gasteiger partial charge is 0.481 e. The monoisotopic (exact) mass is 1160 g/mol. The lowest BCUT2D eigenvalue weighted by Crippen LogP contribution is -2.15. The number of hydrogen-bond donors (Lipinski definition) is 23. The third-order valence-corrected chi connectivity index (χ3v) is 9.94. The number of aliphatic hydroxyl groups is 21. The number of aliphatic carboxylic acids is 2. The highest BCUT2D eigenvalue weighted by Crippen LogP contribution is 2.14. The van der Waals surface area contributed by atoms with Gasteiger partial charge in [0.2, 0.25) is 0 Å². The molecular formula is C53H120O25. The second-order valence-corrected chi connectivity index (χ2v) is 17.9. The highest BCUT2D eigenvalue weighted by Gasteiger charge is 2.00. The van der Waals surface area contributed by atoms with E-state index in [1.807, 2.05) is 0 Å². The number of carbonyl (C=O) groups is 2. The molecule has 25 nitrogen and oxygen atoms in total. The van der Waals surface area contributed by atoms with Crippen LogP contribution in [0.4, 0.5) is 0 Å². The van der Waals surface area contributed by atoms with Gasteiger partial charge < -0.3 is 117 Å². The summed E-state index contributed by atoms with van der Waals surface area (Å²) in [7, 11) is 0. The molecule has 0 aliphatic rings. The van der Waals surface area contributed by atoms with Crippen molar-refractivity contribution in [2.45, 2.75) is 236 Å². The number of carboxylic acids is 2. The summed E-state index contributed by atoms with van der Waals surface area (Å²) in [5.74, 6) is -1.31. The maximum atomic E-state index is 10.3. The summed E-state index contributed by atoms with van der Waals surface area (Å²) < 4.78 is 0. The van der Waals surface area contributed by atoms with Gasteiger partial charge in [-0.3, -0.25) is 9.59 Å². The van der Waals surface area contributed by atoms with Gasteiger partial charge in [-0.05, 0) is 12.8 Å². The Kier molecular flexibility index (Phi) is 112. The molecular weight excluding hydrogens is 1040 g/mol. The number of unbranched alkanes of at least 4 members (excludes halogenated alkanes) is 24. The summed E-state index contributed by atoms with van der Waals surface area (Å²) in [6.07, 6.45) is 27.9. The van der Waals surface area contributed by atoms with Crippen molar-refractivity contribution >= 4 is 11.9 Å². The van der Waals surface area contributed by atoms with Crippen molar-refractivity contribution in [2.75, 3.05) is 92.5 Å². The van der Waals surface area contributed by atoms with Crippen molar-refractivity contribution in [1.29, 1.82) is 0 Å². The highest BCUT2D eigenvalue weighted by atomic mass is 16.4. The van der Waals surface area contributed by atoms with Gasteiger partial charge in [-0.15, -0.1) is 0 Å². The Bertz CT molecular complexity index is 831. The van der Waals surface area contributed by atoms with Gasteiger partial charge in [-0.25, -0.2) is 0 Å². The van der Waals surface area contributed by atoms with E-state index >= 15 is 0 Å². The molecule has 0 amide bonds. The van der Waals surface area contributed by atoms with E-state index in [2.05, 4.69) is 13.8 Å². The molecule has 0 radical (unpaired) electrons. The van der Waals surface area contributed by atoms with Gasteiger partial charge in [0.25, 0.3) is 0 Å². The second-order valence-electron chi connectivity index (χ2n) is 17.9. The third-order valence-electron chi connectivity index (χ3n) is 9.94. The standard InChI is InChI=1S/2C16H32O2.7C3H8O3/c2*1-2-3-4-5-6-7-8-9-10-11-12-13-14-15-16(17)18;7*4-1-3(6)2-5/h2*2-15H2,1H3,(H,17,18);7*3-6H,1-2H2. The molecule has 0 spiro atoms. The van der Waals surface area contributed by atoms with Crippen LogP contribution in [-0.4, -0.2) is 265 Å². The average molecular weight is 1160 g/mol. The van der Waals surface area contributed by atoms with Crippen LogP contribution in [0, 0.1) is 0 Å². The fourth-order valence-electron chi connectivity index (χ4n) is 4.99. The molecule has 0 saturated heterocycles. The zero-order valence-electron chi connectivity index (χ0n) is 47.8. The minimum absolute atomic E-state index is 0.345. The second kappa shape index (κ2) is 91.6. The Hall–Kier alpha value is -1.90. The van der Waals surface area contributed by atoms with Crippen LogP contribution >= 0.6 is 0 Å². The Morgan fingerprint density at radius 2 is 0.321 bits per heavy atom. The number of hydrogen-bond acceptors (Lipinski definition) is 23. The third kappa shape index (κ3) is 126. The van der Waals surface area contributed by atoms with E-state index in [1.165, 1.54) is 141 Å². The molecule has 0 saturated carbocycles. The van der Waals surface area contributed by atoms with Gasteiger partial charge >= 0.3 is 11.9 Å². The van der Waals surface area contributed by atoms with Crippen LogP contribution in [0.15, 0.2) is 0 Å². The first kappa shape index (κ1) is 95.3. The Morgan fingerprint density at radius 3 is 0.397 bits per heavy atom. The van der Waals surface area contributed by atoms with Crippen molar-refractivity contribution in [3.8, 4) is 0 Å². The predicted molar refractivity (Wildman–Crippen MR) is 297 cm³/mol. The SMILES string of the molecule is CCCCCCCCCCCCCCCC(=O)O.CCCCCCCCCCCCCCCC(=O)O.OCC(O)CO.OCC(O)CO.OCC(O)CO.OCC(O)CO.OCC(O)CO.OCC(O)CO.OCC(O)CO. The average Bonchev–Trinajstić information content (AvgIpc) is 3.46. The zero-order chi connectivity index (χ0) is 61.9. The van der Waals surface area contributed by atoms with E-state index in [0.29, 0.717) is 12.8 Å². The molecule has 0 aliphatic heterocycles. The van der Waals surface area contributed by atoms with Crippen LogP contribution in [0.2, 0.25) is 0 Å². The summed E-state index contributed by atoms with van der Waals surface area (Å²) in [6, 6.07) is 0. The van der Waals surface area contributed by atoms with Gasteiger partial charge in [-0.2, -0.15) is 0 Å². The van der Waals surface area contributed by atoms with E-state index in [-0.39, 0.29) is 92.5 Å². The predicted octanol–water partition coefficient (Wildman–Crippen LogP) is -0.572. The first-order valence-electron chi connectivity index (χ1n) is 27.9. The van der Waals surface area contributed by atoms with Crippen molar-refractivity contribution < 1.29 is 127 Å². The molecule has 0 unspecified atom stereocenters. The Labute approximate surface area is 466 Å². The smallest absolute Gasteiger partial charge is 0.303 e. The van der Waals surface area contributed by atoms with Crippen LogP contribution < -0.4 is 0 Å². The van der Waals surface area contributed by atoms with Crippen LogP contribution in [0.3, 0.4) is 0 Å². The molecule has 0 aromatic rings. The summed E-state index contributed by atoms with van der Waals surface area (Å²) in [5.41, 5.74) is 0. The van der Waals surface area contributed by atoms with E-state index in [9.17, 15) is 9.59 Å². The molecule has 0 rings (SSSR count). The summed E-state index contributed by atoms with van der Waals surface area (Å²) in [5, 5.41) is 185. The van der Waals surface area contributed by atoms with Crippen molar-refractivity contribution in [2.24, 2.45) is 0 Å². The van der Waals surface area contributed by atoms with Crippen LogP contribution in [-0.2, 0) is 9.59 Å². The van der Waals surface area contributed by atoms with E-state index < -0.39 is 54.7 Å². The molecule has 78 heavy (non-hydrogen) atoms. The fourth-order valence-corrected chi connectivity index (χ4v) is 4.99. The maximum absolute atomic E-state index is 10.3. The first-order valence-corrected chi connectivity index (χ1v) is 27.9. The number of carboxylic acid groups (broad SMARTS) is 2. The molecule has 0 atom stereocenters. The Morgan fingerprint density at radius 1 is 0.218 bits per heavy atom. The summed E-state index contributed by atoms with van der Waals surface area (Å²) in [4.78, 5) is 20.6. The van der Waals surface area contributed by atoms with Crippen LogP contribution in [0.5, 0.6) is 0 Å². The van der Waals surface area contributed by atoms with E-state index in [4.69, 9.17) is 117 Å². The highest BCUT2D eigenvalue weighted by molar-refractivity contribution is 5.66. The van der Waals surface area contributed by atoms with Gasteiger partial charge in [0.1, 0.15) is 42.7 Å². The number of aliphatic hydroxyl groups excluding tert-OH is 21. The molecule has 25 heteroatoms. The lowest BCUT2D eigenvalue weighted by atomic mass is 10.0. The quantitative estimate of drug-likeness (QED) is 0.0340. The molecule has 0 heterocycles. The summed E-state index contributed by atoms with van der Waals surface area (Å²) >= 11 is 0. The Balaban J connectivity index is -0.000000104. The van der Waals surface area contributed by atoms with Gasteiger partial charge in [-0.1, -0.05) is 168 Å². The summed E-state index contributed by atoms with van der Waals surface area (Å²) in [6.45, 7) is -0.583. The van der Waals surface area contributed by atoms with Crippen molar-refractivity contribution in [3.05, 3.63) is 0 Å². The normalized spacial score (nSPS) is 10.3. The fraction of sp³-hybridized carbons (Fsp3) is 0.962. The first-order chi connectivity index (χ1) is 37.2. The van der Waals surface area contributed by atoms with E-state index in [0.717, 1.165) is 25.7 Å². The lowest BCUT2D eigenvalue weighted by molar-refractivity contribution is -0.138. The molecule has 482 valence electrons. The topological polar surface area (TPSA) is 499 Å². The van der Waals surface area contributed by atoms with Crippen molar-refractivity contribution in [1.82, 2.24) is 0 Å². The van der Waals surface area contributed by atoms with E-state index in [1.54, 1.807) is 0 Å². The lowest BCUT2D eigenvalue weighted by Gasteiger charge is -2.02. The van der Waals surface area contributed by atoms with Gasteiger partial charge in [0.05, 0.1) is 92.5 Å². The van der Waals surface area contributed by atoms with Gasteiger partial charge in [0.15, 0.2) is 0 Å². The zero-order valence-corrected chi connectivity index (χ0v) is 47.8. The molecule has 0 aromatic heterocycles.